The smallest absolute Gasteiger partial charge is 0.235 e. The van der Waals surface area contributed by atoms with Gasteiger partial charge in [-0.05, 0) is 0 Å². The van der Waals surface area contributed by atoms with Crippen molar-refractivity contribution < 1.29 is 22.0 Å². The summed E-state index contributed by atoms with van der Waals surface area (Å²) in [6.45, 7) is 0. The second kappa shape index (κ2) is 3.23. The molecule has 13 heavy (non-hydrogen) atoms. The molecule has 1 aromatic heterocycles. The Balaban J connectivity index is 3.06. The predicted molar refractivity (Wildman–Crippen MR) is 30.8 cm³/mol. The molecule has 0 aromatic carbocycles. The van der Waals surface area contributed by atoms with E-state index < -0.39 is 24.1 Å². The van der Waals surface area contributed by atoms with Crippen LogP contribution in [0.3, 0.4) is 0 Å². The molecule has 1 rings (SSSR count). The molecule has 0 N–H and O–H groups in total. The monoisotopic (exact) mass is 197 g/mol. The van der Waals surface area contributed by atoms with E-state index in [-0.39, 0.29) is 0 Å². The fourth-order valence-electron chi connectivity index (χ4n) is 0.586. The quantitative estimate of drug-likeness (QED) is 0.645. The van der Waals surface area contributed by atoms with Gasteiger partial charge in [0.1, 0.15) is 0 Å². The van der Waals surface area contributed by atoms with Gasteiger partial charge in [-0.15, -0.1) is 0 Å². The molecule has 1 aromatic rings. The molecule has 0 unspecified atom stereocenters. The van der Waals surface area contributed by atoms with E-state index in [2.05, 4.69) is 9.97 Å². The topological polar surface area (TPSA) is 25.8 Å². The van der Waals surface area contributed by atoms with E-state index in [0.29, 0.717) is 6.20 Å². The third-order valence-electron chi connectivity index (χ3n) is 1.09. The zero-order valence-corrected chi connectivity index (χ0v) is 5.94. The Labute approximate surface area is 69.4 Å². The van der Waals surface area contributed by atoms with Gasteiger partial charge in [0.05, 0.1) is 0 Å². The van der Waals surface area contributed by atoms with Gasteiger partial charge < -0.3 is 0 Å². The molecule has 1 heterocycles. The van der Waals surface area contributed by atoms with Gasteiger partial charge in [0.25, 0.3) is 6.43 Å². The van der Waals surface area contributed by atoms with Crippen LogP contribution in [0.15, 0.2) is 6.20 Å². The maximum Gasteiger partial charge on any atom is 0.434 e. The molecule has 0 atom stereocenters. The SMILES string of the molecule is FC(F)c1nc[c]c(C(F)(F)F)n1. The molecule has 2 nitrogen and oxygen atoms in total. The van der Waals surface area contributed by atoms with Crippen LogP contribution in [-0.4, -0.2) is 9.97 Å². The fraction of sp³-hybridized carbons (Fsp3) is 0.333. The Kier molecular flexibility index (Phi) is 2.44. The Morgan fingerprint density at radius 1 is 1.31 bits per heavy atom. The second-order valence-electron chi connectivity index (χ2n) is 2.02. The van der Waals surface area contributed by atoms with Gasteiger partial charge in [0.15, 0.2) is 11.5 Å². The number of nitrogens with zero attached hydrogens (tertiary/aromatic N) is 2. The Bertz CT molecular complexity index is 295. The van der Waals surface area contributed by atoms with E-state index >= 15 is 0 Å². The molecular formula is C6H2F5N2. The van der Waals surface area contributed by atoms with Crippen LogP contribution in [0.5, 0.6) is 0 Å². The van der Waals surface area contributed by atoms with E-state index in [0.717, 1.165) is 0 Å². The highest BCUT2D eigenvalue weighted by atomic mass is 19.4. The number of rotatable bonds is 1. The van der Waals surface area contributed by atoms with Crippen LogP contribution >= 0.6 is 0 Å². The van der Waals surface area contributed by atoms with Crippen molar-refractivity contribution in [3.8, 4) is 0 Å². The first kappa shape index (κ1) is 9.82. The number of hydrogen-bond acceptors (Lipinski definition) is 2. The molecule has 71 valence electrons. The van der Waals surface area contributed by atoms with E-state index in [1.54, 1.807) is 6.07 Å². The van der Waals surface area contributed by atoms with Gasteiger partial charge in [-0.25, -0.2) is 18.7 Å². The van der Waals surface area contributed by atoms with Crippen LogP contribution in [0.1, 0.15) is 17.9 Å². The fourth-order valence-corrected chi connectivity index (χ4v) is 0.586. The number of halogens is 5. The molecule has 0 fully saturated rings. The molecule has 0 spiro atoms. The highest BCUT2D eigenvalue weighted by Crippen LogP contribution is 2.27. The summed E-state index contributed by atoms with van der Waals surface area (Å²) in [5.41, 5.74) is -1.49. The lowest BCUT2D eigenvalue weighted by atomic mass is 10.4. The summed E-state index contributed by atoms with van der Waals surface area (Å²) in [6, 6.07) is 1.62. The molecule has 0 saturated carbocycles. The minimum Gasteiger partial charge on any atom is -0.235 e. The molecule has 0 amide bonds. The van der Waals surface area contributed by atoms with Gasteiger partial charge in [-0.2, -0.15) is 13.2 Å². The van der Waals surface area contributed by atoms with Crippen molar-refractivity contribution in [3.05, 3.63) is 23.8 Å². The van der Waals surface area contributed by atoms with Gasteiger partial charge >= 0.3 is 6.18 Å². The standard InChI is InChI=1S/C6H2F5N2/c7-4(8)5-12-2-1-3(13-5)6(9,10)11/h2,4H. The van der Waals surface area contributed by atoms with Crippen molar-refractivity contribution in [3.63, 3.8) is 0 Å². The summed E-state index contributed by atoms with van der Waals surface area (Å²) in [7, 11) is 0. The van der Waals surface area contributed by atoms with Crippen LogP contribution in [0.25, 0.3) is 0 Å². The van der Waals surface area contributed by atoms with Crippen LogP contribution in [0.4, 0.5) is 22.0 Å². The normalized spacial score (nSPS) is 12.2. The summed E-state index contributed by atoms with van der Waals surface area (Å²) >= 11 is 0. The highest BCUT2D eigenvalue weighted by Gasteiger charge is 2.33. The van der Waals surface area contributed by atoms with Crippen LogP contribution < -0.4 is 0 Å². The summed E-state index contributed by atoms with van der Waals surface area (Å²) in [6.07, 6.45) is -7.36. The zero-order chi connectivity index (χ0) is 10.1. The molecular weight excluding hydrogens is 195 g/mol. The third-order valence-corrected chi connectivity index (χ3v) is 1.09. The second-order valence-corrected chi connectivity index (χ2v) is 2.02. The van der Waals surface area contributed by atoms with Crippen LogP contribution in [0, 0.1) is 6.07 Å². The van der Waals surface area contributed by atoms with Crippen molar-refractivity contribution >= 4 is 0 Å². The molecule has 0 aliphatic carbocycles. The lowest BCUT2D eigenvalue weighted by molar-refractivity contribution is -0.141. The van der Waals surface area contributed by atoms with E-state index in [9.17, 15) is 22.0 Å². The number of aromatic nitrogens is 2. The Morgan fingerprint density at radius 3 is 2.38 bits per heavy atom. The van der Waals surface area contributed by atoms with Crippen LogP contribution in [0.2, 0.25) is 0 Å². The molecule has 0 aliphatic rings. The molecule has 1 radical (unpaired) electrons. The molecule has 0 aliphatic heterocycles. The zero-order valence-electron chi connectivity index (χ0n) is 5.94. The van der Waals surface area contributed by atoms with E-state index in [1.165, 1.54) is 0 Å². The minimum absolute atomic E-state index is 0.525. The maximum atomic E-state index is 11.9. The lowest BCUT2D eigenvalue weighted by Crippen LogP contribution is -2.10. The highest BCUT2D eigenvalue weighted by molar-refractivity contribution is 5.04. The Morgan fingerprint density at radius 2 is 1.92 bits per heavy atom. The number of alkyl halides is 5. The average molecular weight is 197 g/mol. The van der Waals surface area contributed by atoms with Crippen molar-refractivity contribution in [1.82, 2.24) is 9.97 Å². The van der Waals surface area contributed by atoms with Gasteiger partial charge in [0, 0.05) is 12.3 Å². The average Bonchev–Trinajstić information content (AvgIpc) is 2.03. The maximum absolute atomic E-state index is 11.9. The van der Waals surface area contributed by atoms with Crippen molar-refractivity contribution in [2.45, 2.75) is 12.6 Å². The van der Waals surface area contributed by atoms with E-state index in [4.69, 9.17) is 0 Å². The van der Waals surface area contributed by atoms with Gasteiger partial charge in [0.2, 0.25) is 0 Å². The van der Waals surface area contributed by atoms with Crippen molar-refractivity contribution in [2.24, 2.45) is 0 Å². The molecule has 0 bridgehead atoms. The minimum atomic E-state index is -4.77. The lowest BCUT2D eigenvalue weighted by Gasteiger charge is -2.05. The first-order chi connectivity index (χ1) is 5.91. The van der Waals surface area contributed by atoms with Gasteiger partial charge in [-0.3, -0.25) is 0 Å². The predicted octanol–water partition coefficient (Wildman–Crippen LogP) is 2.23. The summed E-state index contributed by atoms with van der Waals surface area (Å²) in [4.78, 5) is 5.54. The van der Waals surface area contributed by atoms with Crippen molar-refractivity contribution in [1.29, 1.82) is 0 Å². The Hall–Kier alpha value is -1.27. The molecule has 7 heteroatoms. The van der Waals surface area contributed by atoms with Gasteiger partial charge in [-0.1, -0.05) is 0 Å². The summed E-state index contributed by atoms with van der Waals surface area (Å²) < 4.78 is 59.3. The number of hydrogen-bond donors (Lipinski definition) is 0. The largest absolute Gasteiger partial charge is 0.434 e. The summed E-state index contributed by atoms with van der Waals surface area (Å²) in [5, 5.41) is 0. The summed E-state index contributed by atoms with van der Waals surface area (Å²) in [5.74, 6) is -1.15. The van der Waals surface area contributed by atoms with E-state index in [1.807, 2.05) is 0 Å². The first-order valence-corrected chi connectivity index (χ1v) is 3.01. The first-order valence-electron chi connectivity index (χ1n) is 3.01. The van der Waals surface area contributed by atoms with Crippen LogP contribution in [-0.2, 0) is 6.18 Å². The molecule has 0 saturated heterocycles. The van der Waals surface area contributed by atoms with Crippen molar-refractivity contribution in [2.75, 3.05) is 0 Å². The third kappa shape index (κ3) is 2.33.